The van der Waals surface area contributed by atoms with Crippen molar-refractivity contribution in [2.24, 2.45) is 0 Å². The lowest BCUT2D eigenvalue weighted by atomic mass is 10.1. The topological polar surface area (TPSA) is 45.7 Å². The third kappa shape index (κ3) is 4.43. The third-order valence-corrected chi connectivity index (χ3v) is 5.49. The Labute approximate surface area is 172 Å². The van der Waals surface area contributed by atoms with E-state index in [1.54, 1.807) is 35.2 Å². The van der Waals surface area contributed by atoms with Crippen molar-refractivity contribution in [3.63, 3.8) is 0 Å². The van der Waals surface area contributed by atoms with E-state index in [0.717, 1.165) is 13.0 Å². The lowest BCUT2D eigenvalue weighted by Gasteiger charge is -2.22. The molecule has 2 aromatic carbocycles. The van der Waals surface area contributed by atoms with Crippen molar-refractivity contribution in [2.75, 3.05) is 39.2 Å². The first-order chi connectivity index (χ1) is 13.4. The van der Waals surface area contributed by atoms with E-state index in [1.807, 2.05) is 19.0 Å². The fourth-order valence-corrected chi connectivity index (χ4v) is 4.02. The highest BCUT2D eigenvalue weighted by Crippen LogP contribution is 2.33. The van der Waals surface area contributed by atoms with Crippen LogP contribution in [0.4, 0.5) is 9.52 Å². The van der Waals surface area contributed by atoms with E-state index in [4.69, 9.17) is 16.3 Å². The zero-order valence-electron chi connectivity index (χ0n) is 15.9. The molecule has 5 nitrogen and oxygen atoms in total. The van der Waals surface area contributed by atoms with E-state index in [-0.39, 0.29) is 11.4 Å². The first kappa shape index (κ1) is 20.5. The van der Waals surface area contributed by atoms with Gasteiger partial charge >= 0.3 is 0 Å². The van der Waals surface area contributed by atoms with Gasteiger partial charge in [0.05, 0.1) is 17.4 Å². The lowest BCUT2D eigenvalue weighted by Crippen LogP contribution is -2.33. The van der Waals surface area contributed by atoms with Crippen molar-refractivity contribution in [3.05, 3.63) is 52.8 Å². The van der Waals surface area contributed by atoms with Crippen LogP contribution in [0.5, 0.6) is 5.75 Å². The Morgan fingerprint density at radius 3 is 2.71 bits per heavy atom. The summed E-state index contributed by atoms with van der Waals surface area (Å²) in [6.45, 7) is 1.24. The number of halogens is 2. The largest absolute Gasteiger partial charge is 0.496 e. The number of rotatable bonds is 7. The summed E-state index contributed by atoms with van der Waals surface area (Å²) in [5, 5.41) is 0.888. The number of hydrogen-bond acceptors (Lipinski definition) is 5. The highest BCUT2D eigenvalue weighted by Gasteiger charge is 2.24. The predicted molar refractivity (Wildman–Crippen MR) is 112 cm³/mol. The summed E-state index contributed by atoms with van der Waals surface area (Å²) < 4.78 is 20.1. The third-order valence-electron chi connectivity index (χ3n) is 4.21. The Bertz CT molecular complexity index is 993. The minimum Gasteiger partial charge on any atom is -0.496 e. The summed E-state index contributed by atoms with van der Waals surface area (Å²) in [6, 6.07) is 9.70. The van der Waals surface area contributed by atoms with Gasteiger partial charge in [0.1, 0.15) is 17.1 Å². The van der Waals surface area contributed by atoms with Gasteiger partial charge in [-0.15, -0.1) is 0 Å². The molecule has 0 N–H and O–H groups in total. The number of benzene rings is 2. The number of methoxy groups -OCH3 is 1. The van der Waals surface area contributed by atoms with Gasteiger partial charge in [0.15, 0.2) is 5.13 Å². The summed E-state index contributed by atoms with van der Waals surface area (Å²) >= 11 is 7.39. The van der Waals surface area contributed by atoms with Crippen molar-refractivity contribution < 1.29 is 13.9 Å². The quantitative estimate of drug-likeness (QED) is 0.555. The molecule has 28 heavy (non-hydrogen) atoms. The van der Waals surface area contributed by atoms with Gasteiger partial charge in [-0.2, -0.15) is 0 Å². The number of amides is 1. The molecule has 0 aliphatic heterocycles. The molecule has 0 radical (unpaired) electrons. The van der Waals surface area contributed by atoms with Crippen LogP contribution >= 0.6 is 22.9 Å². The van der Waals surface area contributed by atoms with Crippen LogP contribution in [0.2, 0.25) is 5.02 Å². The van der Waals surface area contributed by atoms with Gasteiger partial charge in [0.25, 0.3) is 5.91 Å². The maximum Gasteiger partial charge on any atom is 0.263 e. The summed E-state index contributed by atoms with van der Waals surface area (Å²) in [7, 11) is 5.45. The van der Waals surface area contributed by atoms with Gasteiger partial charge in [-0.1, -0.05) is 29.0 Å². The van der Waals surface area contributed by atoms with Gasteiger partial charge in [-0.05, 0) is 57.4 Å². The minimum atomic E-state index is -0.402. The van der Waals surface area contributed by atoms with Crippen LogP contribution in [0.3, 0.4) is 0 Å². The molecule has 8 heteroatoms. The van der Waals surface area contributed by atoms with Crippen molar-refractivity contribution in [1.29, 1.82) is 0 Å². The lowest BCUT2D eigenvalue weighted by molar-refractivity contribution is 0.0983. The summed E-state index contributed by atoms with van der Waals surface area (Å²) in [4.78, 5) is 21.4. The number of nitrogens with zero attached hydrogens (tertiary/aromatic N) is 3. The molecule has 148 valence electrons. The van der Waals surface area contributed by atoms with Crippen LogP contribution in [0, 0.1) is 5.82 Å². The molecule has 0 spiro atoms. The molecule has 3 rings (SSSR count). The first-order valence-corrected chi connectivity index (χ1v) is 9.95. The van der Waals surface area contributed by atoms with E-state index < -0.39 is 5.82 Å². The zero-order chi connectivity index (χ0) is 20.3. The molecule has 0 fully saturated rings. The predicted octanol–water partition coefficient (Wildman–Crippen LogP) is 4.70. The Hall–Kier alpha value is -2.22. The number of fused-ring (bicyclic) bond motifs is 1. The minimum absolute atomic E-state index is 0.269. The molecular weight excluding hydrogens is 401 g/mol. The molecule has 0 atom stereocenters. The van der Waals surface area contributed by atoms with Crippen LogP contribution in [0.1, 0.15) is 16.8 Å². The average Bonchev–Trinajstić information content (AvgIpc) is 3.10. The molecule has 1 heterocycles. The smallest absolute Gasteiger partial charge is 0.263 e. The zero-order valence-corrected chi connectivity index (χ0v) is 17.5. The molecule has 1 aromatic heterocycles. The fourth-order valence-electron chi connectivity index (χ4n) is 2.84. The van der Waals surface area contributed by atoms with E-state index in [1.165, 1.54) is 24.5 Å². The Morgan fingerprint density at radius 2 is 2.04 bits per heavy atom. The molecule has 0 saturated heterocycles. The summed E-state index contributed by atoms with van der Waals surface area (Å²) in [6.07, 6.45) is 0.736. The van der Waals surface area contributed by atoms with E-state index >= 15 is 0 Å². The summed E-state index contributed by atoms with van der Waals surface area (Å²) in [5.41, 5.74) is 0.616. The average molecular weight is 422 g/mol. The fraction of sp³-hybridized carbons (Fsp3) is 0.300. The SMILES string of the molecule is COc1ccc(Cl)cc1C(=O)N(CCCN(C)C)c1nc2c(F)cccc2s1. The number of thiazole rings is 1. The maximum absolute atomic E-state index is 14.1. The molecule has 3 aromatic rings. The second-order valence-corrected chi connectivity index (χ2v) is 7.99. The van der Waals surface area contributed by atoms with E-state index in [9.17, 15) is 9.18 Å². The number of anilines is 1. The van der Waals surface area contributed by atoms with Gasteiger partial charge in [-0.3, -0.25) is 9.69 Å². The molecule has 0 saturated carbocycles. The number of hydrogen-bond donors (Lipinski definition) is 0. The van der Waals surface area contributed by atoms with Crippen LogP contribution in [-0.2, 0) is 0 Å². The molecule has 0 unspecified atom stereocenters. The van der Waals surface area contributed by atoms with Crippen molar-refractivity contribution in [1.82, 2.24) is 9.88 Å². The molecule has 1 amide bonds. The number of carbonyl (C=O) groups is 1. The van der Waals surface area contributed by atoms with Crippen molar-refractivity contribution in [3.8, 4) is 5.75 Å². The first-order valence-electron chi connectivity index (χ1n) is 8.76. The number of aromatic nitrogens is 1. The number of para-hydroxylation sites is 1. The molecule has 0 aliphatic carbocycles. The molecular formula is C20H21ClFN3O2S. The Morgan fingerprint density at radius 1 is 1.25 bits per heavy atom. The normalized spacial score (nSPS) is 11.2. The van der Waals surface area contributed by atoms with Crippen LogP contribution in [0.15, 0.2) is 36.4 Å². The Balaban J connectivity index is 2.02. The van der Waals surface area contributed by atoms with Crippen LogP contribution < -0.4 is 9.64 Å². The highest BCUT2D eigenvalue weighted by molar-refractivity contribution is 7.22. The van der Waals surface area contributed by atoms with Crippen molar-refractivity contribution in [2.45, 2.75) is 6.42 Å². The van der Waals surface area contributed by atoms with E-state index in [0.29, 0.717) is 32.7 Å². The van der Waals surface area contributed by atoms with E-state index in [2.05, 4.69) is 4.98 Å². The monoisotopic (exact) mass is 421 g/mol. The summed E-state index contributed by atoms with van der Waals surface area (Å²) in [5.74, 6) is -0.252. The second-order valence-electron chi connectivity index (χ2n) is 6.54. The maximum atomic E-state index is 14.1. The molecule has 0 aliphatic rings. The van der Waals surface area contributed by atoms with Gasteiger partial charge in [-0.25, -0.2) is 9.37 Å². The highest BCUT2D eigenvalue weighted by atomic mass is 35.5. The van der Waals surface area contributed by atoms with Gasteiger partial charge in [0, 0.05) is 11.6 Å². The number of ether oxygens (including phenoxy) is 1. The Kier molecular flexibility index (Phi) is 6.49. The molecule has 0 bridgehead atoms. The van der Waals surface area contributed by atoms with Gasteiger partial charge < -0.3 is 9.64 Å². The second kappa shape index (κ2) is 8.86. The van der Waals surface area contributed by atoms with Crippen LogP contribution in [-0.4, -0.2) is 50.1 Å². The number of carbonyl (C=O) groups excluding carboxylic acids is 1. The van der Waals surface area contributed by atoms with Crippen LogP contribution in [0.25, 0.3) is 10.2 Å². The standard InChI is InChI=1S/C20H21ClFN3O2S/c1-24(2)10-5-11-25(19(26)14-12-13(21)8-9-16(14)27-3)20-23-18-15(22)6-4-7-17(18)28-20/h4,6-9,12H,5,10-11H2,1-3H3. The van der Waals surface area contributed by atoms with Gasteiger partial charge in [0.2, 0.25) is 0 Å². The van der Waals surface area contributed by atoms with Crippen molar-refractivity contribution >= 4 is 44.2 Å².